The van der Waals surface area contributed by atoms with Crippen LogP contribution in [0.3, 0.4) is 0 Å². The summed E-state index contributed by atoms with van der Waals surface area (Å²) in [5.41, 5.74) is 0. The predicted molar refractivity (Wildman–Crippen MR) is 60.5 cm³/mol. The van der Waals surface area contributed by atoms with Crippen LogP contribution in [0.25, 0.3) is 0 Å². The van der Waals surface area contributed by atoms with Gasteiger partial charge in [0.25, 0.3) is 10.1 Å². The van der Waals surface area contributed by atoms with Gasteiger partial charge in [0, 0.05) is 0 Å². The van der Waals surface area contributed by atoms with Crippen LogP contribution in [0.5, 0.6) is 0 Å². The number of hydrogen-bond donors (Lipinski definition) is 3. The van der Waals surface area contributed by atoms with E-state index in [9.17, 15) is 8.42 Å². The first kappa shape index (κ1) is 21.1. The first-order chi connectivity index (χ1) is 6.79. The normalized spacial score (nSPS) is 11.0. The van der Waals surface area contributed by atoms with Gasteiger partial charge in [-0.05, 0) is 27.6 Å². The Morgan fingerprint density at radius 1 is 0.938 bits per heavy atom. The monoisotopic (exact) mass is 281 g/mol. The van der Waals surface area contributed by atoms with E-state index in [0.29, 0.717) is 6.42 Å². The molecular weight excluding hydrogens is 262 g/mol. The van der Waals surface area contributed by atoms with Gasteiger partial charge in [-0.3, -0.25) is 13.7 Å². The maximum Gasteiger partial charge on any atom is 0.394 e. The first-order valence-corrected chi connectivity index (χ1v) is 7.06. The Hall–Kier alpha value is -0.260. The van der Waals surface area contributed by atoms with Gasteiger partial charge in [-0.2, -0.15) is 16.8 Å². The van der Waals surface area contributed by atoms with Crippen LogP contribution in [0.15, 0.2) is 0 Å². The summed E-state index contributed by atoms with van der Waals surface area (Å²) in [5, 5.41) is 0. The van der Waals surface area contributed by atoms with Crippen molar-refractivity contribution < 1.29 is 30.5 Å². The van der Waals surface area contributed by atoms with E-state index in [1.165, 1.54) is 0 Å². The van der Waals surface area contributed by atoms with Gasteiger partial charge in [0.05, 0.1) is 5.75 Å². The average Bonchev–Trinajstić information content (AvgIpc) is 1.76. The second-order valence-corrected chi connectivity index (χ2v) is 5.54. The second-order valence-electron chi connectivity index (χ2n) is 3.08. The molecule has 0 atom stereocenters. The van der Waals surface area contributed by atoms with Gasteiger partial charge in [-0.1, -0.05) is 6.92 Å². The first-order valence-electron chi connectivity index (χ1n) is 4.05. The van der Waals surface area contributed by atoms with Crippen LogP contribution in [0, 0.1) is 0 Å². The molecule has 0 radical (unpaired) electrons. The molecule has 0 bridgehead atoms. The van der Waals surface area contributed by atoms with Crippen LogP contribution < -0.4 is 0 Å². The Morgan fingerprint density at radius 3 is 1.12 bits per heavy atom. The van der Waals surface area contributed by atoms with E-state index in [2.05, 4.69) is 0 Å². The van der Waals surface area contributed by atoms with Crippen molar-refractivity contribution in [2.75, 3.05) is 26.9 Å². The van der Waals surface area contributed by atoms with E-state index in [1.54, 1.807) is 6.92 Å². The van der Waals surface area contributed by atoms with E-state index < -0.39 is 20.5 Å². The minimum atomic E-state index is -4.67. The van der Waals surface area contributed by atoms with Crippen LogP contribution in [0.4, 0.5) is 0 Å². The van der Waals surface area contributed by atoms with Gasteiger partial charge < -0.3 is 4.90 Å². The lowest BCUT2D eigenvalue weighted by Crippen LogP contribution is -2.01. The highest BCUT2D eigenvalue weighted by atomic mass is 32.3. The van der Waals surface area contributed by atoms with Crippen molar-refractivity contribution in [1.82, 2.24) is 4.90 Å². The maximum atomic E-state index is 9.79. The molecule has 0 aliphatic carbocycles. The average molecular weight is 281 g/mol. The predicted octanol–water partition coefficient (Wildman–Crippen LogP) is -0.191. The molecule has 0 spiro atoms. The second kappa shape index (κ2) is 9.93. The zero-order valence-electron chi connectivity index (χ0n) is 9.65. The summed E-state index contributed by atoms with van der Waals surface area (Å²) in [5.74, 6) is -0.132. The number of rotatable bonds is 2. The van der Waals surface area contributed by atoms with Crippen LogP contribution in [0.1, 0.15) is 13.3 Å². The van der Waals surface area contributed by atoms with Crippen molar-refractivity contribution >= 4 is 20.5 Å². The van der Waals surface area contributed by atoms with Gasteiger partial charge in [0.1, 0.15) is 0 Å². The summed E-state index contributed by atoms with van der Waals surface area (Å²) in [7, 11) is -2.34. The van der Waals surface area contributed by atoms with E-state index in [-0.39, 0.29) is 5.75 Å². The summed E-state index contributed by atoms with van der Waals surface area (Å²) < 4.78 is 59.1. The molecule has 0 rings (SSSR count). The minimum Gasteiger partial charge on any atom is -0.312 e. The van der Waals surface area contributed by atoms with E-state index in [4.69, 9.17) is 22.1 Å². The van der Waals surface area contributed by atoms with Crippen molar-refractivity contribution in [3.8, 4) is 0 Å². The zero-order valence-corrected chi connectivity index (χ0v) is 11.3. The third-order valence-electron chi connectivity index (χ3n) is 0.462. The van der Waals surface area contributed by atoms with E-state index >= 15 is 0 Å². The van der Waals surface area contributed by atoms with Gasteiger partial charge in [-0.25, -0.2) is 0 Å². The van der Waals surface area contributed by atoms with Gasteiger partial charge in [0.15, 0.2) is 0 Å². The molecule has 0 unspecified atom stereocenters. The molecule has 0 saturated heterocycles. The molecule has 0 amide bonds. The molecule has 0 saturated carbocycles. The molecule has 0 fully saturated rings. The van der Waals surface area contributed by atoms with Gasteiger partial charge in [-0.15, -0.1) is 0 Å². The molecule has 3 N–H and O–H groups in total. The van der Waals surface area contributed by atoms with E-state index in [1.807, 2.05) is 26.0 Å². The molecule has 0 aromatic heterocycles. The van der Waals surface area contributed by atoms with Gasteiger partial charge in [0.2, 0.25) is 0 Å². The Morgan fingerprint density at radius 2 is 1.12 bits per heavy atom. The van der Waals surface area contributed by atoms with Crippen LogP contribution in [-0.4, -0.2) is 62.3 Å². The third-order valence-corrected chi connectivity index (χ3v) is 1.39. The maximum absolute atomic E-state index is 9.79. The van der Waals surface area contributed by atoms with Crippen LogP contribution in [-0.2, 0) is 20.5 Å². The Bertz CT molecular complexity index is 321. The van der Waals surface area contributed by atoms with Crippen molar-refractivity contribution in [3.05, 3.63) is 0 Å². The molecule has 0 heterocycles. The fraction of sp³-hybridized carbons (Fsp3) is 1.00. The fourth-order valence-corrected chi connectivity index (χ4v) is 0.774. The fourth-order valence-electron chi connectivity index (χ4n) is 0.258. The molecular formula is C6H19NO7S2. The van der Waals surface area contributed by atoms with Crippen molar-refractivity contribution in [1.29, 1.82) is 0 Å². The molecule has 0 aliphatic rings. The van der Waals surface area contributed by atoms with Crippen LogP contribution >= 0.6 is 0 Å². The van der Waals surface area contributed by atoms with E-state index in [0.717, 1.165) is 0 Å². The molecule has 10 heteroatoms. The highest BCUT2D eigenvalue weighted by molar-refractivity contribution is 7.85. The smallest absolute Gasteiger partial charge is 0.312 e. The highest BCUT2D eigenvalue weighted by Gasteiger charge is 1.98. The Balaban J connectivity index is -0.000000166. The molecule has 102 valence electrons. The lowest BCUT2D eigenvalue weighted by Gasteiger charge is -1.90. The van der Waals surface area contributed by atoms with Crippen molar-refractivity contribution in [2.24, 2.45) is 0 Å². The molecule has 0 aromatic rings. The Kier molecular flexibility index (Phi) is 13.1. The number of hydrogen-bond acceptors (Lipinski definition) is 5. The highest BCUT2D eigenvalue weighted by Crippen LogP contribution is 1.83. The summed E-state index contributed by atoms with van der Waals surface area (Å²) >= 11 is 0. The Labute approximate surface area is 96.6 Å². The minimum absolute atomic E-state index is 0.132. The topological polar surface area (TPSA) is 132 Å². The summed E-state index contributed by atoms with van der Waals surface area (Å²) in [4.78, 5) is 2.00. The zero-order chi connectivity index (χ0) is 14.0. The molecule has 8 nitrogen and oxygen atoms in total. The third kappa shape index (κ3) is 159. The number of nitrogens with zero attached hydrogens (tertiary/aromatic N) is 1. The lowest BCUT2D eigenvalue weighted by atomic mass is 10.6. The summed E-state index contributed by atoms with van der Waals surface area (Å²) in [6.45, 7) is 1.69. The quantitative estimate of drug-likeness (QED) is 0.593. The molecule has 0 aromatic carbocycles. The largest absolute Gasteiger partial charge is 0.394 e. The van der Waals surface area contributed by atoms with Crippen LogP contribution in [0.2, 0.25) is 0 Å². The SMILES string of the molecule is CCCS(=O)(=O)O.CN(C)C.O=S(=O)(O)O. The summed E-state index contributed by atoms with van der Waals surface area (Å²) in [6, 6.07) is 0. The lowest BCUT2D eigenvalue weighted by molar-refractivity contribution is 0.381. The standard InChI is InChI=1S/C3H9N.C3H8O3S.H2O4S/c1-4(2)3;1-2-3-7(4,5)6;1-5(2,3)4/h1-3H3;2-3H2,1H3,(H,4,5,6);(H2,1,2,3,4). The molecule has 16 heavy (non-hydrogen) atoms. The van der Waals surface area contributed by atoms with Gasteiger partial charge >= 0.3 is 10.4 Å². The van der Waals surface area contributed by atoms with Crippen molar-refractivity contribution in [3.63, 3.8) is 0 Å². The molecule has 0 aliphatic heterocycles. The summed E-state index contributed by atoms with van der Waals surface area (Å²) in [6.07, 6.45) is 0.471. The van der Waals surface area contributed by atoms with Crippen molar-refractivity contribution in [2.45, 2.75) is 13.3 Å².